The summed E-state index contributed by atoms with van der Waals surface area (Å²) in [6.45, 7) is 5.44. The summed E-state index contributed by atoms with van der Waals surface area (Å²) in [7, 11) is 0. The number of nitrogens with zero attached hydrogens (tertiary/aromatic N) is 1. The van der Waals surface area contributed by atoms with Crippen molar-refractivity contribution in [3.8, 4) is 0 Å². The van der Waals surface area contributed by atoms with Gasteiger partial charge < -0.3 is 5.32 Å². The number of nitrogens with one attached hydrogen (secondary N) is 1. The number of hydrogen-bond donors (Lipinski definition) is 1. The molecule has 0 aromatic heterocycles. The maximum absolute atomic E-state index is 4.42. The molecule has 0 aromatic carbocycles. The molecule has 1 rings (SSSR count). The second kappa shape index (κ2) is 4.45. The largest absolute Gasteiger partial charge is 0.317 e. The minimum atomic E-state index is 1.01. The Morgan fingerprint density at radius 2 is 2.10 bits per heavy atom. The Hall–Kier alpha value is -0.370. The van der Waals surface area contributed by atoms with Crippen molar-refractivity contribution >= 4 is 5.71 Å². The summed E-state index contributed by atoms with van der Waals surface area (Å²) < 4.78 is 0. The van der Waals surface area contributed by atoms with E-state index in [-0.39, 0.29) is 0 Å². The monoisotopic (exact) mass is 140 g/mol. The lowest BCUT2D eigenvalue weighted by molar-refractivity contribution is 0.646. The molecule has 10 heavy (non-hydrogen) atoms. The summed E-state index contributed by atoms with van der Waals surface area (Å²) in [6, 6.07) is 0. The molecule has 1 N–H and O–H groups in total. The zero-order valence-electron chi connectivity index (χ0n) is 6.69. The second-order valence-electron chi connectivity index (χ2n) is 2.82. The molecule has 2 heteroatoms. The Morgan fingerprint density at radius 1 is 1.30 bits per heavy atom. The molecule has 0 bridgehead atoms. The summed E-state index contributed by atoms with van der Waals surface area (Å²) in [5.41, 5.74) is 1.32. The van der Waals surface area contributed by atoms with E-state index in [0.717, 1.165) is 19.6 Å². The van der Waals surface area contributed by atoms with Gasteiger partial charge in [-0.25, -0.2) is 0 Å². The van der Waals surface area contributed by atoms with E-state index in [2.05, 4.69) is 17.2 Å². The van der Waals surface area contributed by atoms with E-state index in [0.29, 0.717) is 0 Å². The fourth-order valence-electron chi connectivity index (χ4n) is 1.15. The predicted octanol–water partition coefficient (Wildman–Crippen LogP) is 1.22. The third-order valence-electron chi connectivity index (χ3n) is 1.79. The van der Waals surface area contributed by atoms with Gasteiger partial charge in [-0.15, -0.1) is 0 Å². The van der Waals surface area contributed by atoms with Gasteiger partial charge in [0, 0.05) is 12.3 Å². The average molecular weight is 140 g/mol. The van der Waals surface area contributed by atoms with Crippen LogP contribution in [0.2, 0.25) is 0 Å². The van der Waals surface area contributed by atoms with Crippen molar-refractivity contribution in [3.63, 3.8) is 0 Å². The van der Waals surface area contributed by atoms with Crippen LogP contribution >= 0.6 is 0 Å². The fourth-order valence-corrected chi connectivity index (χ4v) is 1.15. The molecule has 58 valence electrons. The number of rotatable bonds is 0. The van der Waals surface area contributed by atoms with Crippen molar-refractivity contribution in [2.75, 3.05) is 19.6 Å². The highest BCUT2D eigenvalue weighted by Crippen LogP contribution is 1.95. The summed E-state index contributed by atoms with van der Waals surface area (Å²) in [5, 5.41) is 3.37. The highest BCUT2D eigenvalue weighted by Gasteiger charge is 1.95. The maximum atomic E-state index is 4.42. The highest BCUT2D eigenvalue weighted by molar-refractivity contribution is 5.81. The smallest absolute Gasteiger partial charge is 0.0400 e. The molecule has 0 aliphatic carbocycles. The summed E-state index contributed by atoms with van der Waals surface area (Å²) in [4.78, 5) is 4.42. The van der Waals surface area contributed by atoms with Crippen LogP contribution in [0, 0.1) is 0 Å². The van der Waals surface area contributed by atoms with E-state index in [9.17, 15) is 0 Å². The molecular formula is C8H16N2. The van der Waals surface area contributed by atoms with Crippen LogP contribution in [-0.2, 0) is 0 Å². The summed E-state index contributed by atoms with van der Waals surface area (Å²) >= 11 is 0. The second-order valence-corrected chi connectivity index (χ2v) is 2.82. The van der Waals surface area contributed by atoms with Crippen LogP contribution < -0.4 is 5.32 Å². The predicted molar refractivity (Wildman–Crippen MR) is 44.7 cm³/mol. The van der Waals surface area contributed by atoms with Gasteiger partial charge in [-0.3, -0.25) is 4.99 Å². The standard InChI is InChI=1S/C8H16N2/c1-8-4-2-5-9-6-3-7-10-8/h9H,2-7H2,1H3. The molecule has 0 amide bonds. The van der Waals surface area contributed by atoms with Crippen molar-refractivity contribution in [1.29, 1.82) is 0 Å². The third kappa shape index (κ3) is 2.97. The maximum Gasteiger partial charge on any atom is 0.0400 e. The number of aliphatic imine (C=N–C) groups is 1. The minimum Gasteiger partial charge on any atom is -0.317 e. The van der Waals surface area contributed by atoms with E-state index in [1.807, 2.05) is 0 Å². The topological polar surface area (TPSA) is 24.4 Å². The quantitative estimate of drug-likeness (QED) is 0.537. The molecule has 1 aliphatic rings. The third-order valence-corrected chi connectivity index (χ3v) is 1.79. The molecule has 0 saturated heterocycles. The van der Waals surface area contributed by atoms with Crippen LogP contribution in [0.3, 0.4) is 0 Å². The minimum absolute atomic E-state index is 1.01. The lowest BCUT2D eigenvalue weighted by atomic mass is 10.2. The van der Waals surface area contributed by atoms with Crippen molar-refractivity contribution in [2.24, 2.45) is 4.99 Å². The van der Waals surface area contributed by atoms with Crippen LogP contribution in [0.4, 0.5) is 0 Å². The molecule has 0 aromatic rings. The first kappa shape index (κ1) is 7.73. The zero-order valence-corrected chi connectivity index (χ0v) is 6.69. The molecule has 0 unspecified atom stereocenters. The summed E-state index contributed by atoms with van der Waals surface area (Å²) in [5.74, 6) is 0. The van der Waals surface area contributed by atoms with Gasteiger partial charge in [0.15, 0.2) is 0 Å². The molecule has 2 nitrogen and oxygen atoms in total. The fraction of sp³-hybridized carbons (Fsp3) is 0.875. The van der Waals surface area contributed by atoms with Gasteiger partial charge in [-0.1, -0.05) is 0 Å². The molecule has 1 heterocycles. The molecule has 0 spiro atoms. The van der Waals surface area contributed by atoms with Gasteiger partial charge >= 0.3 is 0 Å². The van der Waals surface area contributed by atoms with Crippen LogP contribution in [0.25, 0.3) is 0 Å². The zero-order chi connectivity index (χ0) is 7.23. The van der Waals surface area contributed by atoms with E-state index in [1.54, 1.807) is 0 Å². The van der Waals surface area contributed by atoms with Crippen molar-refractivity contribution in [3.05, 3.63) is 0 Å². The van der Waals surface area contributed by atoms with Crippen LogP contribution in [0.15, 0.2) is 4.99 Å². The van der Waals surface area contributed by atoms with Crippen LogP contribution in [0.1, 0.15) is 26.2 Å². The molecule has 1 aliphatic heterocycles. The van der Waals surface area contributed by atoms with E-state index < -0.39 is 0 Å². The first-order valence-electron chi connectivity index (χ1n) is 4.10. The van der Waals surface area contributed by atoms with E-state index in [1.165, 1.54) is 25.0 Å². The Morgan fingerprint density at radius 3 is 3.00 bits per heavy atom. The van der Waals surface area contributed by atoms with Crippen molar-refractivity contribution in [2.45, 2.75) is 26.2 Å². The van der Waals surface area contributed by atoms with Gasteiger partial charge in [0.05, 0.1) is 0 Å². The molecule has 0 atom stereocenters. The normalized spacial score (nSPS) is 22.3. The lowest BCUT2D eigenvalue weighted by Gasteiger charge is -1.98. The summed E-state index contributed by atoms with van der Waals surface area (Å²) in [6.07, 6.45) is 3.61. The average Bonchev–Trinajstić information content (AvgIpc) is 2.02. The van der Waals surface area contributed by atoms with Crippen LogP contribution in [0.5, 0.6) is 0 Å². The Balaban J connectivity index is 2.29. The molecular weight excluding hydrogens is 124 g/mol. The highest BCUT2D eigenvalue weighted by atomic mass is 14.9. The van der Waals surface area contributed by atoms with Gasteiger partial charge in [0.2, 0.25) is 0 Å². The van der Waals surface area contributed by atoms with E-state index >= 15 is 0 Å². The number of hydrogen-bond acceptors (Lipinski definition) is 2. The van der Waals surface area contributed by atoms with Gasteiger partial charge in [-0.05, 0) is 39.3 Å². The van der Waals surface area contributed by atoms with Gasteiger partial charge in [0.25, 0.3) is 0 Å². The first-order chi connectivity index (χ1) is 4.89. The van der Waals surface area contributed by atoms with Gasteiger partial charge in [0.1, 0.15) is 0 Å². The van der Waals surface area contributed by atoms with Crippen molar-refractivity contribution in [1.82, 2.24) is 5.32 Å². The Labute approximate surface area is 62.7 Å². The molecule has 0 radical (unpaired) electrons. The molecule has 0 saturated carbocycles. The Bertz CT molecular complexity index is 118. The van der Waals surface area contributed by atoms with Gasteiger partial charge in [-0.2, -0.15) is 0 Å². The Kier molecular flexibility index (Phi) is 3.44. The lowest BCUT2D eigenvalue weighted by Crippen LogP contribution is -2.16. The van der Waals surface area contributed by atoms with Crippen LogP contribution in [-0.4, -0.2) is 25.3 Å². The van der Waals surface area contributed by atoms with Crippen molar-refractivity contribution < 1.29 is 0 Å². The molecule has 0 fully saturated rings. The SMILES string of the molecule is CC1=NCCCNCCC1. The van der Waals surface area contributed by atoms with E-state index in [4.69, 9.17) is 0 Å². The first-order valence-corrected chi connectivity index (χ1v) is 4.10.